The molecule has 0 saturated carbocycles. The SMILES string of the molecule is Cc1ccc2c(c1)CN=C(c1cccc(Cl)c1)S2. The van der Waals surface area contributed by atoms with Crippen LogP contribution >= 0.6 is 23.4 Å². The highest BCUT2D eigenvalue weighted by atomic mass is 35.5. The second-order valence-electron chi connectivity index (χ2n) is 4.34. The van der Waals surface area contributed by atoms with Crippen molar-refractivity contribution in [1.82, 2.24) is 0 Å². The minimum Gasteiger partial charge on any atom is -0.273 e. The lowest BCUT2D eigenvalue weighted by atomic mass is 10.1. The van der Waals surface area contributed by atoms with Crippen LogP contribution in [0.15, 0.2) is 52.4 Å². The summed E-state index contributed by atoms with van der Waals surface area (Å²) in [5.74, 6) is 0. The standard InChI is InChI=1S/C15H12ClNS/c1-10-5-6-14-12(7-10)9-17-15(18-14)11-3-2-4-13(16)8-11/h2-8H,9H2,1H3. The Labute approximate surface area is 116 Å². The third-order valence-corrected chi connectivity index (χ3v) is 4.30. The Hall–Kier alpha value is -1.25. The average molecular weight is 274 g/mol. The zero-order valence-electron chi connectivity index (χ0n) is 9.98. The van der Waals surface area contributed by atoms with E-state index in [0.717, 1.165) is 22.2 Å². The first-order valence-electron chi connectivity index (χ1n) is 5.80. The van der Waals surface area contributed by atoms with E-state index in [9.17, 15) is 0 Å². The molecule has 0 spiro atoms. The summed E-state index contributed by atoms with van der Waals surface area (Å²) in [5, 5.41) is 1.80. The van der Waals surface area contributed by atoms with Crippen LogP contribution in [0, 0.1) is 6.92 Å². The molecule has 0 N–H and O–H groups in total. The van der Waals surface area contributed by atoms with Crippen molar-refractivity contribution in [1.29, 1.82) is 0 Å². The molecule has 1 nitrogen and oxygen atoms in total. The number of aliphatic imine (C=N–C) groups is 1. The van der Waals surface area contributed by atoms with E-state index in [2.05, 4.69) is 36.2 Å². The molecule has 3 heteroatoms. The first kappa shape index (κ1) is 11.8. The number of aryl methyl sites for hydroxylation is 1. The van der Waals surface area contributed by atoms with Crippen LogP contribution in [0.2, 0.25) is 5.02 Å². The van der Waals surface area contributed by atoms with Gasteiger partial charge in [0.15, 0.2) is 0 Å². The van der Waals surface area contributed by atoms with Crippen molar-refractivity contribution in [3.05, 3.63) is 64.2 Å². The van der Waals surface area contributed by atoms with E-state index in [1.54, 1.807) is 11.8 Å². The zero-order chi connectivity index (χ0) is 12.5. The summed E-state index contributed by atoms with van der Waals surface area (Å²) >= 11 is 7.74. The monoisotopic (exact) mass is 273 g/mol. The Morgan fingerprint density at radius 1 is 1.17 bits per heavy atom. The van der Waals surface area contributed by atoms with Crippen LogP contribution in [0.25, 0.3) is 0 Å². The van der Waals surface area contributed by atoms with Crippen LogP contribution < -0.4 is 0 Å². The number of hydrogen-bond donors (Lipinski definition) is 0. The van der Waals surface area contributed by atoms with E-state index in [4.69, 9.17) is 11.6 Å². The number of nitrogens with zero attached hydrogens (tertiary/aromatic N) is 1. The maximum Gasteiger partial charge on any atom is 0.103 e. The minimum atomic E-state index is 0.755. The van der Waals surface area contributed by atoms with E-state index in [1.165, 1.54) is 16.0 Å². The van der Waals surface area contributed by atoms with E-state index in [0.29, 0.717) is 0 Å². The molecule has 2 aromatic carbocycles. The molecule has 0 atom stereocenters. The van der Waals surface area contributed by atoms with E-state index in [1.807, 2.05) is 18.2 Å². The average Bonchev–Trinajstić information content (AvgIpc) is 2.38. The van der Waals surface area contributed by atoms with E-state index in [-0.39, 0.29) is 0 Å². The van der Waals surface area contributed by atoms with Crippen molar-refractivity contribution in [3.8, 4) is 0 Å². The molecule has 0 fully saturated rings. The Morgan fingerprint density at radius 2 is 2.06 bits per heavy atom. The van der Waals surface area contributed by atoms with E-state index >= 15 is 0 Å². The second kappa shape index (κ2) is 4.79. The summed E-state index contributed by atoms with van der Waals surface area (Å²) in [6.45, 7) is 2.87. The fourth-order valence-corrected chi connectivity index (χ4v) is 3.16. The second-order valence-corrected chi connectivity index (χ2v) is 5.81. The number of halogens is 1. The first-order valence-corrected chi connectivity index (χ1v) is 6.99. The zero-order valence-corrected chi connectivity index (χ0v) is 11.6. The van der Waals surface area contributed by atoms with Crippen molar-refractivity contribution in [3.63, 3.8) is 0 Å². The van der Waals surface area contributed by atoms with Crippen molar-refractivity contribution in [2.24, 2.45) is 4.99 Å². The molecule has 0 bridgehead atoms. The predicted octanol–water partition coefficient (Wildman–Crippen LogP) is 4.70. The summed E-state index contributed by atoms with van der Waals surface area (Å²) in [7, 11) is 0. The highest BCUT2D eigenvalue weighted by Crippen LogP contribution is 2.33. The summed E-state index contributed by atoms with van der Waals surface area (Å²) < 4.78 is 0. The van der Waals surface area contributed by atoms with Crippen LogP contribution in [0.5, 0.6) is 0 Å². The number of fused-ring (bicyclic) bond motifs is 1. The van der Waals surface area contributed by atoms with Crippen LogP contribution in [0.3, 0.4) is 0 Å². The molecule has 90 valence electrons. The van der Waals surface area contributed by atoms with Crippen LogP contribution in [0.4, 0.5) is 0 Å². The van der Waals surface area contributed by atoms with Gasteiger partial charge in [0.05, 0.1) is 6.54 Å². The number of rotatable bonds is 1. The van der Waals surface area contributed by atoms with Gasteiger partial charge in [-0.05, 0) is 30.7 Å². The van der Waals surface area contributed by atoms with Crippen molar-refractivity contribution in [2.75, 3.05) is 0 Å². The van der Waals surface area contributed by atoms with Gasteiger partial charge in [-0.15, -0.1) is 0 Å². The number of hydrogen-bond acceptors (Lipinski definition) is 2. The van der Waals surface area contributed by atoms with Gasteiger partial charge < -0.3 is 0 Å². The maximum absolute atomic E-state index is 6.02. The molecule has 0 aromatic heterocycles. The molecule has 0 aliphatic carbocycles. The molecule has 2 aromatic rings. The highest BCUT2D eigenvalue weighted by Gasteiger charge is 2.14. The Bertz CT molecular complexity index is 634. The van der Waals surface area contributed by atoms with Gasteiger partial charge in [-0.2, -0.15) is 0 Å². The van der Waals surface area contributed by atoms with Crippen molar-refractivity contribution in [2.45, 2.75) is 18.4 Å². The molecule has 1 aliphatic heterocycles. The van der Waals surface area contributed by atoms with Gasteiger partial charge in [0.2, 0.25) is 0 Å². The van der Waals surface area contributed by atoms with Crippen molar-refractivity contribution < 1.29 is 0 Å². The minimum absolute atomic E-state index is 0.755. The summed E-state index contributed by atoms with van der Waals surface area (Å²) in [5.41, 5.74) is 3.69. The summed E-state index contributed by atoms with van der Waals surface area (Å²) in [6.07, 6.45) is 0. The molecular weight excluding hydrogens is 262 g/mol. The van der Waals surface area contributed by atoms with Gasteiger partial charge in [-0.1, -0.05) is 53.2 Å². The third kappa shape index (κ3) is 2.31. The van der Waals surface area contributed by atoms with E-state index < -0.39 is 0 Å². The van der Waals surface area contributed by atoms with Crippen LogP contribution in [-0.2, 0) is 6.54 Å². The van der Waals surface area contributed by atoms with Gasteiger partial charge >= 0.3 is 0 Å². The summed E-state index contributed by atoms with van der Waals surface area (Å²) in [6, 6.07) is 14.4. The summed E-state index contributed by atoms with van der Waals surface area (Å²) in [4.78, 5) is 5.94. The van der Waals surface area contributed by atoms with Crippen LogP contribution in [0.1, 0.15) is 16.7 Å². The topological polar surface area (TPSA) is 12.4 Å². The largest absolute Gasteiger partial charge is 0.273 e. The Kier molecular flexibility index (Phi) is 3.14. The number of benzene rings is 2. The maximum atomic E-state index is 6.02. The Balaban J connectivity index is 1.95. The fourth-order valence-electron chi connectivity index (χ4n) is 2.00. The smallest absolute Gasteiger partial charge is 0.103 e. The third-order valence-electron chi connectivity index (χ3n) is 2.89. The normalized spacial score (nSPS) is 14.0. The molecular formula is C15H12ClNS. The highest BCUT2D eigenvalue weighted by molar-refractivity contribution is 8.14. The van der Waals surface area contributed by atoms with Gasteiger partial charge in [-0.3, -0.25) is 4.99 Å². The molecule has 0 saturated heterocycles. The van der Waals surface area contributed by atoms with Gasteiger partial charge in [0, 0.05) is 15.5 Å². The van der Waals surface area contributed by atoms with Crippen LogP contribution in [-0.4, -0.2) is 5.04 Å². The lowest BCUT2D eigenvalue weighted by Gasteiger charge is -2.16. The molecule has 0 radical (unpaired) electrons. The lowest BCUT2D eigenvalue weighted by molar-refractivity contribution is 1.02. The molecule has 18 heavy (non-hydrogen) atoms. The first-order chi connectivity index (χ1) is 8.72. The predicted molar refractivity (Wildman–Crippen MR) is 78.7 cm³/mol. The molecule has 1 aliphatic rings. The van der Waals surface area contributed by atoms with Gasteiger partial charge in [-0.25, -0.2) is 0 Å². The van der Waals surface area contributed by atoms with Crippen molar-refractivity contribution >= 4 is 28.4 Å². The van der Waals surface area contributed by atoms with Gasteiger partial charge in [0.1, 0.15) is 5.04 Å². The Morgan fingerprint density at radius 3 is 2.89 bits per heavy atom. The molecule has 0 unspecified atom stereocenters. The fraction of sp³-hybridized carbons (Fsp3) is 0.133. The number of thioether (sulfide) groups is 1. The van der Waals surface area contributed by atoms with Gasteiger partial charge in [0.25, 0.3) is 0 Å². The molecule has 0 amide bonds. The molecule has 3 rings (SSSR count). The quantitative estimate of drug-likeness (QED) is 0.733. The lowest BCUT2D eigenvalue weighted by Crippen LogP contribution is -2.03. The molecule has 1 heterocycles.